The molecule has 1 rings (SSSR count). The molecule has 1 aromatic carbocycles. The minimum Gasteiger partial charge on any atom is -0.506 e. The summed E-state index contributed by atoms with van der Waals surface area (Å²) in [6, 6.07) is 2.72. The first-order valence-corrected chi connectivity index (χ1v) is 7.42. The van der Waals surface area contributed by atoms with Gasteiger partial charge in [0.05, 0.1) is 25.7 Å². The first kappa shape index (κ1) is 19.4. The lowest BCUT2D eigenvalue weighted by Gasteiger charge is -2.10. The van der Waals surface area contributed by atoms with Crippen LogP contribution in [0.15, 0.2) is 27.2 Å². The highest BCUT2D eigenvalue weighted by molar-refractivity contribution is 6.61. The van der Waals surface area contributed by atoms with Crippen LogP contribution in [0.4, 0.5) is 0 Å². The molecule has 1 aromatic rings. The maximum absolute atomic E-state index is 11.2. The van der Waals surface area contributed by atoms with Crippen molar-refractivity contribution in [3.63, 3.8) is 0 Å². The molecular weight excluding hydrogens is 421 g/mol. The van der Waals surface area contributed by atoms with E-state index in [2.05, 4.69) is 0 Å². The lowest BCUT2D eigenvalue weighted by Crippen LogP contribution is -2.13. The van der Waals surface area contributed by atoms with Crippen LogP contribution < -0.4 is 0 Å². The number of aliphatic hydroxyl groups excluding tert-OH is 1. The van der Waals surface area contributed by atoms with Gasteiger partial charge in [-0.2, -0.15) is 0 Å². The number of carboxylic acids is 1. The van der Waals surface area contributed by atoms with Crippen molar-refractivity contribution >= 4 is 87.1 Å². The van der Waals surface area contributed by atoms with Crippen LogP contribution >= 0.6 is 69.6 Å². The van der Waals surface area contributed by atoms with Crippen molar-refractivity contribution in [2.75, 3.05) is 0 Å². The number of allylic oxidation sites excluding steroid dienone is 2. The number of halogens is 6. The van der Waals surface area contributed by atoms with E-state index in [0.717, 1.165) is 0 Å². The number of aliphatic carboxylic acids is 1. The zero-order chi connectivity index (χ0) is 17.2. The molecule has 0 bridgehead atoms. The fraction of sp³-hybridized carbons (Fsp3) is 0. The summed E-state index contributed by atoms with van der Waals surface area (Å²) in [7, 11) is 0. The van der Waals surface area contributed by atoms with Crippen LogP contribution in [0.5, 0.6) is 0 Å². The Balaban J connectivity index is 3.54. The second-order valence-electron chi connectivity index (χ2n) is 3.64. The number of Topliss-reactive ketones (excluding diaryl/α,β-unsaturated/α-hetero) is 1. The van der Waals surface area contributed by atoms with E-state index in [1.165, 1.54) is 12.1 Å². The Morgan fingerprint density at radius 2 is 1.32 bits per heavy atom. The van der Waals surface area contributed by atoms with E-state index < -0.39 is 32.6 Å². The van der Waals surface area contributed by atoms with Gasteiger partial charge in [-0.05, 0) is 12.1 Å². The fourth-order valence-corrected chi connectivity index (χ4v) is 2.54. The van der Waals surface area contributed by atoms with E-state index in [4.69, 9.17) is 74.7 Å². The summed E-state index contributed by atoms with van der Waals surface area (Å²) < 4.78 is 0. The van der Waals surface area contributed by atoms with Crippen LogP contribution in [0, 0.1) is 0 Å². The summed E-state index contributed by atoms with van der Waals surface area (Å²) in [6.07, 6.45) is 0. The quantitative estimate of drug-likeness (QED) is 0.221. The third-order valence-electron chi connectivity index (χ3n) is 2.27. The smallest absolute Gasteiger partial charge is 0.378 e. The molecule has 0 aromatic heterocycles. The highest BCUT2D eigenvalue weighted by Gasteiger charge is 2.24. The average molecular weight is 425 g/mol. The lowest BCUT2D eigenvalue weighted by molar-refractivity contribution is -0.146. The van der Waals surface area contributed by atoms with Gasteiger partial charge in [-0.3, -0.25) is 4.79 Å². The molecule has 0 amide bonds. The van der Waals surface area contributed by atoms with Crippen molar-refractivity contribution in [1.82, 2.24) is 0 Å². The molecule has 4 nitrogen and oxygen atoms in total. The second kappa shape index (κ2) is 7.77. The number of hydrogen-bond acceptors (Lipinski definition) is 3. The molecule has 0 unspecified atom stereocenters. The van der Waals surface area contributed by atoms with Crippen LogP contribution in [0.2, 0.25) is 15.1 Å². The Kier molecular flexibility index (Phi) is 6.86. The van der Waals surface area contributed by atoms with Crippen LogP contribution in [0.25, 0.3) is 5.76 Å². The minimum atomic E-state index is -1.84. The van der Waals surface area contributed by atoms with Crippen LogP contribution in [-0.2, 0) is 9.59 Å². The van der Waals surface area contributed by atoms with Gasteiger partial charge in [0, 0.05) is 0 Å². The normalized spacial score (nSPS) is 13.4. The first-order chi connectivity index (χ1) is 10.1. The number of carboxylic acid groups (broad SMARTS) is 1. The standard InChI is InChI=1S/C12H4Cl6O4/c13-3-1-2-4(14)6(15)5(3)10(19)8(17)7(16)9(18)11(20)12(21)22/h1-2,19H,(H,21,22)/b9-7+,10-8+. The van der Waals surface area contributed by atoms with E-state index in [0.29, 0.717) is 0 Å². The van der Waals surface area contributed by atoms with Gasteiger partial charge in [0.1, 0.15) is 15.8 Å². The maximum atomic E-state index is 11.2. The van der Waals surface area contributed by atoms with E-state index in [1.807, 2.05) is 0 Å². The Morgan fingerprint density at radius 1 is 0.818 bits per heavy atom. The SMILES string of the molecule is O=C(O)C(=O)/C(Cl)=C(Cl)/C(Cl)=C(\O)c1c(Cl)ccc(Cl)c1Cl. The second-order valence-corrected chi connectivity index (χ2v) is 5.97. The number of ketones is 1. The van der Waals surface area contributed by atoms with Crippen molar-refractivity contribution in [1.29, 1.82) is 0 Å². The van der Waals surface area contributed by atoms with E-state index in [1.54, 1.807) is 0 Å². The highest BCUT2D eigenvalue weighted by atomic mass is 35.5. The first-order valence-electron chi connectivity index (χ1n) is 5.15. The number of rotatable bonds is 4. The monoisotopic (exact) mass is 422 g/mol. The molecule has 0 radical (unpaired) electrons. The molecule has 0 heterocycles. The number of carbonyl (C=O) groups excluding carboxylic acids is 1. The molecule has 0 aliphatic heterocycles. The zero-order valence-corrected chi connectivity index (χ0v) is 14.7. The topological polar surface area (TPSA) is 74.6 Å². The molecule has 0 saturated heterocycles. The number of carbonyl (C=O) groups is 2. The molecular formula is C12H4Cl6O4. The Bertz CT molecular complexity index is 723. The van der Waals surface area contributed by atoms with E-state index in [-0.39, 0.29) is 20.6 Å². The Morgan fingerprint density at radius 3 is 1.82 bits per heavy atom. The largest absolute Gasteiger partial charge is 0.506 e. The summed E-state index contributed by atoms with van der Waals surface area (Å²) in [5.41, 5.74) is -0.147. The molecule has 0 atom stereocenters. The van der Waals surface area contributed by atoms with Crippen molar-refractivity contribution in [2.45, 2.75) is 0 Å². The molecule has 118 valence electrons. The van der Waals surface area contributed by atoms with Crippen LogP contribution in [0.3, 0.4) is 0 Å². The number of hydrogen-bond donors (Lipinski definition) is 2. The molecule has 2 N–H and O–H groups in total. The molecule has 22 heavy (non-hydrogen) atoms. The van der Waals surface area contributed by atoms with Crippen molar-refractivity contribution in [3.8, 4) is 0 Å². The van der Waals surface area contributed by atoms with Gasteiger partial charge in [0.2, 0.25) is 0 Å². The van der Waals surface area contributed by atoms with Crippen LogP contribution in [-0.4, -0.2) is 22.0 Å². The van der Waals surface area contributed by atoms with Gasteiger partial charge < -0.3 is 10.2 Å². The summed E-state index contributed by atoms with van der Waals surface area (Å²) in [6.45, 7) is 0. The van der Waals surface area contributed by atoms with E-state index in [9.17, 15) is 14.7 Å². The van der Waals surface area contributed by atoms with Gasteiger partial charge in [0.25, 0.3) is 5.78 Å². The average Bonchev–Trinajstić information content (AvgIpc) is 2.47. The molecule has 0 fully saturated rings. The highest BCUT2D eigenvalue weighted by Crippen LogP contribution is 2.39. The summed E-state index contributed by atoms with van der Waals surface area (Å²) in [5, 5.41) is 16.4. The fourth-order valence-electron chi connectivity index (χ4n) is 1.25. The summed E-state index contributed by atoms with van der Waals surface area (Å²) in [4.78, 5) is 21.8. The van der Waals surface area contributed by atoms with Gasteiger partial charge in [-0.1, -0.05) is 69.6 Å². The number of benzene rings is 1. The third kappa shape index (κ3) is 4.02. The van der Waals surface area contributed by atoms with E-state index >= 15 is 0 Å². The zero-order valence-electron chi connectivity index (χ0n) is 10.1. The number of aliphatic hydroxyl groups is 1. The molecule has 0 saturated carbocycles. The molecule has 0 spiro atoms. The predicted molar refractivity (Wildman–Crippen MR) is 88.2 cm³/mol. The van der Waals surface area contributed by atoms with Gasteiger partial charge in [-0.15, -0.1) is 0 Å². The van der Waals surface area contributed by atoms with Crippen LogP contribution in [0.1, 0.15) is 5.56 Å². The Labute approximate surface area is 154 Å². The summed E-state index contributed by atoms with van der Waals surface area (Å²) >= 11 is 34.6. The lowest BCUT2D eigenvalue weighted by atomic mass is 10.1. The molecule has 0 aliphatic carbocycles. The predicted octanol–water partition coefficient (Wildman–Crippen LogP) is 5.46. The van der Waals surface area contributed by atoms with Crippen molar-refractivity contribution < 1.29 is 19.8 Å². The molecule has 10 heteroatoms. The van der Waals surface area contributed by atoms with Gasteiger partial charge >= 0.3 is 5.97 Å². The van der Waals surface area contributed by atoms with Gasteiger partial charge in [-0.25, -0.2) is 4.79 Å². The van der Waals surface area contributed by atoms with Crippen molar-refractivity contribution in [2.24, 2.45) is 0 Å². The van der Waals surface area contributed by atoms with Gasteiger partial charge in [0.15, 0.2) is 0 Å². The molecule has 0 aliphatic rings. The third-order valence-corrected chi connectivity index (χ3v) is 4.69. The Hall–Kier alpha value is -0.620. The van der Waals surface area contributed by atoms with Crippen molar-refractivity contribution in [3.05, 3.63) is 47.9 Å². The minimum absolute atomic E-state index is 0.00444. The summed E-state index contributed by atoms with van der Waals surface area (Å²) in [5.74, 6) is -4.06. The maximum Gasteiger partial charge on any atom is 0.378 e.